The van der Waals surface area contributed by atoms with E-state index in [1.807, 2.05) is 19.1 Å². The van der Waals surface area contributed by atoms with Gasteiger partial charge in [-0.05, 0) is 25.1 Å². The molecule has 7 nitrogen and oxygen atoms in total. The van der Waals surface area contributed by atoms with Crippen LogP contribution in [0.4, 0.5) is 16.2 Å². The second kappa shape index (κ2) is 7.07. The minimum Gasteiger partial charge on any atom is -0.473 e. The molecule has 0 radical (unpaired) electrons. The molecule has 2 aromatic carbocycles. The normalized spacial score (nSPS) is 9.86. The van der Waals surface area contributed by atoms with Crippen LogP contribution >= 0.6 is 0 Å². The Kier molecular flexibility index (Phi) is 4.92. The van der Waals surface area contributed by atoms with Gasteiger partial charge in [0.1, 0.15) is 5.75 Å². The number of anilines is 1. The van der Waals surface area contributed by atoms with Gasteiger partial charge in [0, 0.05) is 17.8 Å². The Morgan fingerprint density at radius 2 is 1.95 bits per heavy atom. The van der Waals surface area contributed by atoms with Crippen LogP contribution < -0.4 is 15.4 Å². The summed E-state index contributed by atoms with van der Waals surface area (Å²) >= 11 is 0. The number of rotatable bonds is 5. The van der Waals surface area contributed by atoms with Gasteiger partial charge >= 0.3 is 6.03 Å². The number of amides is 2. The highest BCUT2D eigenvalue weighted by atomic mass is 16.6. The first kappa shape index (κ1) is 15.3. The summed E-state index contributed by atoms with van der Waals surface area (Å²) in [5.41, 5.74) is 1.36. The third-order valence-corrected chi connectivity index (χ3v) is 2.81. The van der Waals surface area contributed by atoms with Crippen LogP contribution in [0.1, 0.15) is 5.56 Å². The van der Waals surface area contributed by atoms with Gasteiger partial charge in [0.2, 0.25) is 0 Å². The molecule has 0 aliphatic rings. The Hall–Kier alpha value is -3.09. The molecule has 0 saturated carbocycles. The zero-order valence-corrected chi connectivity index (χ0v) is 11.9. The number of nitrogens with zero attached hydrogens (tertiary/aromatic N) is 1. The fourth-order valence-electron chi connectivity index (χ4n) is 1.69. The summed E-state index contributed by atoms with van der Waals surface area (Å²) in [5, 5.41) is 15.6. The molecule has 7 heteroatoms. The predicted octanol–water partition coefficient (Wildman–Crippen LogP) is 3.06. The van der Waals surface area contributed by atoms with Crippen LogP contribution in [0.5, 0.6) is 5.75 Å². The Balaban J connectivity index is 1.81. The van der Waals surface area contributed by atoms with Crippen LogP contribution in [-0.4, -0.2) is 17.7 Å². The lowest BCUT2D eigenvalue weighted by Gasteiger charge is -2.09. The second-order valence-electron chi connectivity index (χ2n) is 4.54. The standard InChI is InChI=1S/C15H15N3O4/c1-11-5-7-14(8-6-11)22-10-16-15(19)17-12-3-2-4-13(9-12)18(20)21/h2-9H,10H2,1H3,(H2,16,17,19). The molecular formula is C15H15N3O4. The number of nitro groups is 1. The average Bonchev–Trinajstić information content (AvgIpc) is 2.49. The van der Waals surface area contributed by atoms with Crippen LogP contribution in [0.3, 0.4) is 0 Å². The predicted molar refractivity (Wildman–Crippen MR) is 81.9 cm³/mol. The number of carbonyl (C=O) groups is 1. The van der Waals surface area contributed by atoms with Gasteiger partial charge in [0.05, 0.1) is 4.92 Å². The first-order chi connectivity index (χ1) is 10.5. The van der Waals surface area contributed by atoms with Gasteiger partial charge in [-0.3, -0.25) is 10.1 Å². The highest BCUT2D eigenvalue weighted by Crippen LogP contribution is 2.16. The first-order valence-electron chi connectivity index (χ1n) is 6.53. The highest BCUT2D eigenvalue weighted by molar-refractivity contribution is 5.89. The summed E-state index contributed by atoms with van der Waals surface area (Å²) in [5.74, 6) is 0.640. The van der Waals surface area contributed by atoms with Gasteiger partial charge in [0.15, 0.2) is 6.73 Å². The maximum absolute atomic E-state index is 11.7. The van der Waals surface area contributed by atoms with Gasteiger partial charge in [-0.25, -0.2) is 4.79 Å². The molecule has 0 aliphatic heterocycles. The number of nitro benzene ring substituents is 1. The van der Waals surface area contributed by atoms with Crippen molar-refractivity contribution in [1.82, 2.24) is 5.32 Å². The van der Waals surface area contributed by atoms with Crippen molar-refractivity contribution in [2.45, 2.75) is 6.92 Å². The molecule has 0 unspecified atom stereocenters. The highest BCUT2D eigenvalue weighted by Gasteiger charge is 2.07. The second-order valence-corrected chi connectivity index (χ2v) is 4.54. The van der Waals surface area contributed by atoms with Crippen molar-refractivity contribution in [2.24, 2.45) is 0 Å². The molecule has 0 aromatic heterocycles. The number of aryl methyl sites for hydroxylation is 1. The largest absolute Gasteiger partial charge is 0.473 e. The number of benzene rings is 2. The number of ether oxygens (including phenoxy) is 1. The van der Waals surface area contributed by atoms with E-state index in [1.165, 1.54) is 18.2 Å². The summed E-state index contributed by atoms with van der Waals surface area (Å²) in [6, 6.07) is 12.6. The summed E-state index contributed by atoms with van der Waals surface area (Å²) in [7, 11) is 0. The number of hydrogen-bond acceptors (Lipinski definition) is 4. The summed E-state index contributed by atoms with van der Waals surface area (Å²) in [6.45, 7) is 1.96. The van der Waals surface area contributed by atoms with Crippen LogP contribution in [0, 0.1) is 17.0 Å². The molecule has 114 valence electrons. The van der Waals surface area contributed by atoms with Crippen molar-refractivity contribution in [3.05, 3.63) is 64.2 Å². The van der Waals surface area contributed by atoms with E-state index in [0.717, 1.165) is 5.56 Å². The molecule has 0 aliphatic carbocycles. The van der Waals surface area contributed by atoms with E-state index in [0.29, 0.717) is 11.4 Å². The lowest BCUT2D eigenvalue weighted by Crippen LogP contribution is -2.32. The lowest BCUT2D eigenvalue weighted by molar-refractivity contribution is -0.384. The Morgan fingerprint density at radius 1 is 1.23 bits per heavy atom. The number of hydrogen-bond donors (Lipinski definition) is 2. The van der Waals surface area contributed by atoms with E-state index in [4.69, 9.17) is 4.74 Å². The van der Waals surface area contributed by atoms with Gasteiger partial charge in [-0.15, -0.1) is 0 Å². The van der Waals surface area contributed by atoms with E-state index in [-0.39, 0.29) is 12.4 Å². The number of urea groups is 1. The fourth-order valence-corrected chi connectivity index (χ4v) is 1.69. The minimum atomic E-state index is -0.524. The van der Waals surface area contributed by atoms with Crippen LogP contribution in [0.2, 0.25) is 0 Å². The molecule has 2 N–H and O–H groups in total. The Morgan fingerprint density at radius 3 is 2.64 bits per heavy atom. The number of nitrogens with one attached hydrogen (secondary N) is 2. The van der Waals surface area contributed by atoms with Crippen molar-refractivity contribution in [3.63, 3.8) is 0 Å². The summed E-state index contributed by atoms with van der Waals surface area (Å²) in [6.07, 6.45) is 0. The quantitative estimate of drug-likeness (QED) is 0.504. The van der Waals surface area contributed by atoms with E-state index in [2.05, 4.69) is 10.6 Å². The smallest absolute Gasteiger partial charge is 0.321 e. The van der Waals surface area contributed by atoms with Crippen molar-refractivity contribution in [2.75, 3.05) is 12.0 Å². The molecule has 22 heavy (non-hydrogen) atoms. The fraction of sp³-hybridized carbons (Fsp3) is 0.133. The summed E-state index contributed by atoms with van der Waals surface area (Å²) in [4.78, 5) is 21.8. The van der Waals surface area contributed by atoms with Crippen molar-refractivity contribution in [3.8, 4) is 5.75 Å². The first-order valence-corrected chi connectivity index (χ1v) is 6.53. The van der Waals surface area contributed by atoms with Crippen molar-refractivity contribution < 1.29 is 14.5 Å². The molecule has 0 saturated heterocycles. The third-order valence-electron chi connectivity index (χ3n) is 2.81. The van der Waals surface area contributed by atoms with E-state index in [1.54, 1.807) is 18.2 Å². The SMILES string of the molecule is Cc1ccc(OCNC(=O)Nc2cccc([N+](=O)[O-])c2)cc1. The lowest BCUT2D eigenvalue weighted by atomic mass is 10.2. The van der Waals surface area contributed by atoms with Crippen LogP contribution in [-0.2, 0) is 0 Å². The number of carbonyl (C=O) groups excluding carboxylic acids is 1. The zero-order valence-electron chi connectivity index (χ0n) is 11.9. The van der Waals surface area contributed by atoms with Gasteiger partial charge in [-0.2, -0.15) is 0 Å². The van der Waals surface area contributed by atoms with Gasteiger partial charge in [0.25, 0.3) is 5.69 Å². The number of non-ortho nitro benzene ring substituents is 1. The van der Waals surface area contributed by atoms with E-state index < -0.39 is 11.0 Å². The molecule has 0 heterocycles. The topological polar surface area (TPSA) is 93.5 Å². The molecule has 0 atom stereocenters. The van der Waals surface area contributed by atoms with Crippen molar-refractivity contribution >= 4 is 17.4 Å². The third kappa shape index (κ3) is 4.48. The molecule has 0 bridgehead atoms. The van der Waals surface area contributed by atoms with Crippen molar-refractivity contribution in [1.29, 1.82) is 0 Å². The molecule has 2 rings (SSSR count). The minimum absolute atomic E-state index is 0.0101. The summed E-state index contributed by atoms with van der Waals surface area (Å²) < 4.78 is 5.35. The van der Waals surface area contributed by atoms with Gasteiger partial charge in [-0.1, -0.05) is 23.8 Å². The Bertz CT molecular complexity index is 671. The van der Waals surface area contributed by atoms with Gasteiger partial charge < -0.3 is 15.4 Å². The molecule has 2 amide bonds. The maximum Gasteiger partial charge on any atom is 0.321 e. The molecule has 2 aromatic rings. The zero-order chi connectivity index (χ0) is 15.9. The van der Waals surface area contributed by atoms with Crippen LogP contribution in [0.25, 0.3) is 0 Å². The maximum atomic E-state index is 11.7. The van der Waals surface area contributed by atoms with E-state index in [9.17, 15) is 14.9 Å². The van der Waals surface area contributed by atoms with Crippen LogP contribution in [0.15, 0.2) is 48.5 Å². The molecule has 0 fully saturated rings. The average molecular weight is 301 g/mol. The van der Waals surface area contributed by atoms with E-state index >= 15 is 0 Å². The monoisotopic (exact) mass is 301 g/mol. The Labute approximate surface area is 127 Å². The molecular weight excluding hydrogens is 286 g/mol. The molecule has 0 spiro atoms.